The summed E-state index contributed by atoms with van der Waals surface area (Å²) < 4.78 is 26.2. The van der Waals surface area contributed by atoms with Gasteiger partial charge in [0.2, 0.25) is 0 Å². The molecule has 1 aromatic rings. The monoisotopic (exact) mass is 299 g/mol. The number of benzene rings is 1. The second-order valence-electron chi connectivity index (χ2n) is 2.03. The van der Waals surface area contributed by atoms with Crippen molar-refractivity contribution in [1.29, 1.82) is 0 Å². The van der Waals surface area contributed by atoms with Crippen molar-refractivity contribution in [3.8, 4) is 5.75 Å². The molecule has 0 atom stereocenters. The third kappa shape index (κ3) is 3.37. The lowest BCUT2D eigenvalue weighted by Crippen LogP contribution is -2.18. The lowest BCUT2D eigenvalue weighted by atomic mass is 10.3. The summed E-state index contributed by atoms with van der Waals surface area (Å²) >= 11 is 2.04. The highest BCUT2D eigenvalue weighted by atomic mass is 127. The van der Waals surface area contributed by atoms with Gasteiger partial charge in [-0.1, -0.05) is 6.07 Å². The van der Waals surface area contributed by atoms with Crippen molar-refractivity contribution < 1.29 is 12.6 Å². The highest BCUT2D eigenvalue weighted by molar-refractivity contribution is 14.1. The summed E-state index contributed by atoms with van der Waals surface area (Å²) in [7, 11) is -3.90. The number of hydrogen-bond acceptors (Lipinski definition) is 3. The van der Waals surface area contributed by atoms with Gasteiger partial charge < -0.3 is 4.18 Å². The SMILES string of the molecule is NS(=O)(=O)Oc1cccc(I)c1. The van der Waals surface area contributed by atoms with E-state index in [4.69, 9.17) is 0 Å². The van der Waals surface area contributed by atoms with Gasteiger partial charge in [-0.15, -0.1) is 0 Å². The Morgan fingerprint density at radius 2 is 2.08 bits per heavy atom. The topological polar surface area (TPSA) is 69.4 Å². The molecule has 0 aromatic heterocycles. The molecule has 0 aliphatic rings. The van der Waals surface area contributed by atoms with Crippen LogP contribution in [0.2, 0.25) is 0 Å². The number of nitrogens with two attached hydrogens (primary N) is 1. The van der Waals surface area contributed by atoms with E-state index in [1.807, 2.05) is 28.7 Å². The van der Waals surface area contributed by atoms with Gasteiger partial charge in [0.05, 0.1) is 0 Å². The Morgan fingerprint density at radius 3 is 2.58 bits per heavy atom. The van der Waals surface area contributed by atoms with Crippen molar-refractivity contribution in [2.24, 2.45) is 5.14 Å². The summed E-state index contributed by atoms with van der Waals surface area (Å²) in [6, 6.07) is 6.59. The van der Waals surface area contributed by atoms with Crippen LogP contribution in [0.1, 0.15) is 0 Å². The minimum Gasteiger partial charge on any atom is -0.371 e. The molecule has 0 aliphatic heterocycles. The lowest BCUT2D eigenvalue weighted by molar-refractivity contribution is 0.487. The molecule has 0 spiro atoms. The fourth-order valence-electron chi connectivity index (χ4n) is 0.653. The van der Waals surface area contributed by atoms with Crippen LogP contribution in [-0.4, -0.2) is 8.42 Å². The molecule has 0 radical (unpaired) electrons. The molecule has 4 nitrogen and oxygen atoms in total. The van der Waals surface area contributed by atoms with Crippen LogP contribution in [0.15, 0.2) is 24.3 Å². The summed E-state index contributed by atoms with van der Waals surface area (Å²) in [6.45, 7) is 0. The normalized spacial score (nSPS) is 11.2. The molecule has 0 amide bonds. The summed E-state index contributed by atoms with van der Waals surface area (Å²) in [5.74, 6) is 0.226. The molecule has 2 N–H and O–H groups in total. The van der Waals surface area contributed by atoms with E-state index in [2.05, 4.69) is 9.32 Å². The number of hydrogen-bond donors (Lipinski definition) is 1. The molecule has 0 bridgehead atoms. The van der Waals surface area contributed by atoms with Crippen molar-refractivity contribution in [3.63, 3.8) is 0 Å². The van der Waals surface area contributed by atoms with Crippen molar-refractivity contribution in [3.05, 3.63) is 27.8 Å². The molecule has 0 heterocycles. The van der Waals surface area contributed by atoms with E-state index in [1.165, 1.54) is 6.07 Å². The summed E-state index contributed by atoms with van der Waals surface area (Å²) in [5.41, 5.74) is 0. The first-order chi connectivity index (χ1) is 5.47. The van der Waals surface area contributed by atoms with Gasteiger partial charge in [-0.25, -0.2) is 0 Å². The van der Waals surface area contributed by atoms with Crippen LogP contribution < -0.4 is 9.32 Å². The molecule has 0 aliphatic carbocycles. The van der Waals surface area contributed by atoms with E-state index in [9.17, 15) is 8.42 Å². The van der Waals surface area contributed by atoms with Gasteiger partial charge in [0.25, 0.3) is 0 Å². The summed E-state index contributed by atoms with van der Waals surface area (Å²) in [6.07, 6.45) is 0. The maximum Gasteiger partial charge on any atom is 0.380 e. The van der Waals surface area contributed by atoms with E-state index in [-0.39, 0.29) is 5.75 Å². The smallest absolute Gasteiger partial charge is 0.371 e. The van der Waals surface area contributed by atoms with Crippen molar-refractivity contribution in [1.82, 2.24) is 0 Å². The van der Waals surface area contributed by atoms with Crippen LogP contribution in [0.3, 0.4) is 0 Å². The maximum atomic E-state index is 10.5. The molecular formula is C6H6INO3S. The third-order valence-electron chi connectivity index (χ3n) is 1.01. The highest BCUT2D eigenvalue weighted by Gasteiger charge is 2.03. The van der Waals surface area contributed by atoms with Crippen LogP contribution in [0.25, 0.3) is 0 Å². The first-order valence-electron chi connectivity index (χ1n) is 2.95. The van der Waals surface area contributed by atoms with Crippen LogP contribution in [0.4, 0.5) is 0 Å². The fraction of sp³-hybridized carbons (Fsp3) is 0. The van der Waals surface area contributed by atoms with Gasteiger partial charge in [-0.3, -0.25) is 0 Å². The minimum absolute atomic E-state index is 0.226. The van der Waals surface area contributed by atoms with E-state index >= 15 is 0 Å². The predicted molar refractivity (Wildman–Crippen MR) is 52.9 cm³/mol. The second kappa shape index (κ2) is 3.58. The van der Waals surface area contributed by atoms with Crippen LogP contribution >= 0.6 is 22.6 Å². The zero-order valence-corrected chi connectivity index (χ0v) is 8.87. The molecule has 66 valence electrons. The average molecular weight is 299 g/mol. The zero-order valence-electron chi connectivity index (χ0n) is 5.90. The predicted octanol–water partition coefficient (Wildman–Crippen LogP) is 0.873. The lowest BCUT2D eigenvalue weighted by Gasteiger charge is -2.01. The minimum atomic E-state index is -3.90. The van der Waals surface area contributed by atoms with Crippen molar-refractivity contribution in [2.45, 2.75) is 0 Å². The van der Waals surface area contributed by atoms with Crippen LogP contribution in [0.5, 0.6) is 5.75 Å². The Labute approximate surface area is 84.1 Å². The first-order valence-corrected chi connectivity index (χ1v) is 5.50. The Hall–Kier alpha value is -0.340. The Bertz CT molecular complexity index is 376. The van der Waals surface area contributed by atoms with E-state index in [1.54, 1.807) is 12.1 Å². The third-order valence-corrected chi connectivity index (χ3v) is 2.10. The molecule has 0 unspecified atom stereocenters. The van der Waals surface area contributed by atoms with Gasteiger partial charge in [-0.2, -0.15) is 13.6 Å². The van der Waals surface area contributed by atoms with Crippen molar-refractivity contribution in [2.75, 3.05) is 0 Å². The maximum absolute atomic E-state index is 10.5. The standard InChI is InChI=1S/C6H6INO3S/c7-5-2-1-3-6(4-5)11-12(8,9)10/h1-4H,(H2,8,9,10). The molecule has 1 aromatic carbocycles. The van der Waals surface area contributed by atoms with Gasteiger partial charge in [0, 0.05) is 3.57 Å². The number of rotatable bonds is 2. The van der Waals surface area contributed by atoms with E-state index in [0.29, 0.717) is 0 Å². The van der Waals surface area contributed by atoms with Gasteiger partial charge in [-0.05, 0) is 40.8 Å². The largest absolute Gasteiger partial charge is 0.380 e. The molecular weight excluding hydrogens is 293 g/mol. The molecule has 0 fully saturated rings. The molecule has 6 heteroatoms. The van der Waals surface area contributed by atoms with Crippen LogP contribution in [-0.2, 0) is 10.3 Å². The molecule has 1 rings (SSSR count). The zero-order chi connectivity index (χ0) is 9.19. The number of halogens is 1. The van der Waals surface area contributed by atoms with Crippen molar-refractivity contribution >= 4 is 32.9 Å². The van der Waals surface area contributed by atoms with E-state index in [0.717, 1.165) is 3.57 Å². The summed E-state index contributed by atoms with van der Waals surface area (Å²) in [4.78, 5) is 0. The molecule has 0 saturated heterocycles. The highest BCUT2D eigenvalue weighted by Crippen LogP contribution is 2.15. The average Bonchev–Trinajstić information content (AvgIpc) is 1.82. The van der Waals surface area contributed by atoms with Gasteiger partial charge >= 0.3 is 10.3 Å². The first kappa shape index (κ1) is 9.75. The fourth-order valence-corrected chi connectivity index (χ4v) is 1.54. The quantitative estimate of drug-likeness (QED) is 0.824. The molecule has 12 heavy (non-hydrogen) atoms. The summed E-state index contributed by atoms with van der Waals surface area (Å²) in [5, 5.41) is 4.67. The Kier molecular flexibility index (Phi) is 2.91. The molecule has 0 saturated carbocycles. The second-order valence-corrected chi connectivity index (χ2v) is 4.43. The van der Waals surface area contributed by atoms with E-state index < -0.39 is 10.3 Å². The van der Waals surface area contributed by atoms with Gasteiger partial charge in [0.15, 0.2) is 0 Å². The Balaban J connectivity index is 2.91. The van der Waals surface area contributed by atoms with Gasteiger partial charge in [0.1, 0.15) is 5.75 Å². The Morgan fingerprint density at radius 1 is 1.42 bits per heavy atom. The van der Waals surface area contributed by atoms with Crippen LogP contribution in [0, 0.1) is 3.57 Å².